The van der Waals surface area contributed by atoms with Gasteiger partial charge < -0.3 is 0 Å². The molecule has 0 bridgehead atoms. The zero-order valence-corrected chi connectivity index (χ0v) is 7.69. The van der Waals surface area contributed by atoms with Crippen molar-refractivity contribution in [2.75, 3.05) is 13.1 Å². The summed E-state index contributed by atoms with van der Waals surface area (Å²) >= 11 is 1.85. The highest BCUT2D eigenvalue weighted by Gasteiger charge is 2.20. The molecule has 2 nitrogen and oxygen atoms in total. The number of hydrogen-bond acceptors (Lipinski definition) is 3. The summed E-state index contributed by atoms with van der Waals surface area (Å²) in [4.78, 5) is 0. The molecule has 0 aromatic heterocycles. The van der Waals surface area contributed by atoms with Crippen LogP contribution in [0.5, 0.6) is 0 Å². The minimum Gasteiger partial charge on any atom is -0.242 e. The van der Waals surface area contributed by atoms with Crippen LogP contribution in [0.1, 0.15) is 13.8 Å². The molecule has 0 atom stereocenters. The first-order valence-corrected chi connectivity index (χ1v) is 4.55. The SMILES string of the molecule is CC(C)SN1CC(=CC#N)C1. The molecule has 60 valence electrons. The van der Waals surface area contributed by atoms with Gasteiger partial charge in [0.25, 0.3) is 0 Å². The molecule has 0 aromatic rings. The van der Waals surface area contributed by atoms with Crippen LogP contribution < -0.4 is 0 Å². The minimum atomic E-state index is 0.652. The highest BCUT2D eigenvalue weighted by atomic mass is 32.2. The molecule has 11 heavy (non-hydrogen) atoms. The Bertz CT molecular complexity index is 195. The van der Waals surface area contributed by atoms with E-state index in [2.05, 4.69) is 18.2 Å². The van der Waals surface area contributed by atoms with E-state index >= 15 is 0 Å². The third-order valence-electron chi connectivity index (χ3n) is 1.39. The third kappa shape index (κ3) is 2.57. The van der Waals surface area contributed by atoms with Crippen LogP contribution in [0.4, 0.5) is 0 Å². The summed E-state index contributed by atoms with van der Waals surface area (Å²) in [6.07, 6.45) is 1.65. The van der Waals surface area contributed by atoms with Crippen molar-refractivity contribution >= 4 is 11.9 Å². The van der Waals surface area contributed by atoms with E-state index in [9.17, 15) is 0 Å². The predicted molar refractivity (Wildman–Crippen MR) is 48.0 cm³/mol. The molecule has 1 aliphatic rings. The lowest BCUT2D eigenvalue weighted by atomic mass is 10.1. The zero-order valence-electron chi connectivity index (χ0n) is 6.87. The van der Waals surface area contributed by atoms with Gasteiger partial charge in [-0.15, -0.1) is 0 Å². The van der Waals surface area contributed by atoms with Gasteiger partial charge in [-0.3, -0.25) is 0 Å². The first-order chi connectivity index (χ1) is 5.22. The lowest BCUT2D eigenvalue weighted by molar-refractivity contribution is 0.446. The number of hydrogen-bond donors (Lipinski definition) is 0. The summed E-state index contributed by atoms with van der Waals surface area (Å²) in [5.41, 5.74) is 1.25. The maximum absolute atomic E-state index is 8.32. The molecule has 0 saturated carbocycles. The van der Waals surface area contributed by atoms with Gasteiger partial charge in [-0.05, 0) is 5.57 Å². The lowest BCUT2D eigenvalue weighted by Crippen LogP contribution is -2.35. The fraction of sp³-hybridized carbons (Fsp3) is 0.625. The standard InChI is InChI=1S/C8H12N2S/c1-7(2)11-10-5-8(6-10)3-4-9/h3,7H,5-6H2,1-2H3. The summed E-state index contributed by atoms with van der Waals surface area (Å²) < 4.78 is 2.27. The molecule has 0 spiro atoms. The van der Waals surface area contributed by atoms with Gasteiger partial charge in [0.15, 0.2) is 0 Å². The fourth-order valence-corrected chi connectivity index (χ4v) is 2.04. The number of nitriles is 1. The van der Waals surface area contributed by atoms with Crippen LogP contribution in [-0.4, -0.2) is 22.6 Å². The maximum atomic E-state index is 8.32. The Labute approximate surface area is 72.0 Å². The van der Waals surface area contributed by atoms with E-state index in [0.29, 0.717) is 5.25 Å². The lowest BCUT2D eigenvalue weighted by Gasteiger charge is -2.33. The molecule has 1 saturated heterocycles. The van der Waals surface area contributed by atoms with Gasteiger partial charge in [0.05, 0.1) is 6.07 Å². The van der Waals surface area contributed by atoms with E-state index < -0.39 is 0 Å². The van der Waals surface area contributed by atoms with Crippen molar-refractivity contribution in [1.29, 1.82) is 5.26 Å². The first-order valence-electron chi connectivity index (χ1n) is 3.71. The number of allylic oxidation sites excluding steroid dienone is 1. The second-order valence-electron chi connectivity index (χ2n) is 2.88. The van der Waals surface area contributed by atoms with Crippen molar-refractivity contribution in [3.05, 3.63) is 11.6 Å². The zero-order chi connectivity index (χ0) is 8.27. The van der Waals surface area contributed by atoms with E-state index in [4.69, 9.17) is 5.26 Å². The van der Waals surface area contributed by atoms with Crippen LogP contribution in [0.25, 0.3) is 0 Å². The Morgan fingerprint density at radius 2 is 2.27 bits per heavy atom. The van der Waals surface area contributed by atoms with Crippen LogP contribution in [0.2, 0.25) is 0 Å². The molecule has 0 unspecified atom stereocenters. The van der Waals surface area contributed by atoms with Crippen molar-refractivity contribution in [2.45, 2.75) is 19.1 Å². The average Bonchev–Trinajstić information content (AvgIpc) is 1.82. The van der Waals surface area contributed by atoms with Crippen molar-refractivity contribution < 1.29 is 0 Å². The van der Waals surface area contributed by atoms with Crippen LogP contribution in [-0.2, 0) is 0 Å². The Morgan fingerprint density at radius 3 is 2.73 bits per heavy atom. The molecule has 3 heteroatoms. The van der Waals surface area contributed by atoms with Gasteiger partial charge in [0.1, 0.15) is 0 Å². The number of rotatable bonds is 2. The highest BCUT2D eigenvalue weighted by Crippen LogP contribution is 2.25. The summed E-state index contributed by atoms with van der Waals surface area (Å²) in [5.74, 6) is 0. The Balaban J connectivity index is 2.20. The molecule has 1 rings (SSSR count). The second-order valence-corrected chi connectivity index (χ2v) is 4.55. The Morgan fingerprint density at radius 1 is 1.64 bits per heavy atom. The van der Waals surface area contributed by atoms with E-state index in [1.807, 2.05) is 18.0 Å². The number of nitrogens with zero attached hydrogens (tertiary/aromatic N) is 2. The molecule has 1 fully saturated rings. The molecule has 0 aliphatic carbocycles. The van der Waals surface area contributed by atoms with Crippen LogP contribution in [0.3, 0.4) is 0 Å². The Kier molecular flexibility index (Phi) is 2.98. The van der Waals surface area contributed by atoms with Crippen LogP contribution >= 0.6 is 11.9 Å². The third-order valence-corrected chi connectivity index (χ3v) is 2.37. The fourth-order valence-electron chi connectivity index (χ4n) is 0.962. The summed E-state index contributed by atoms with van der Waals surface area (Å²) in [6.45, 7) is 6.29. The van der Waals surface area contributed by atoms with Gasteiger partial charge in [0, 0.05) is 24.4 Å². The molecule has 1 aliphatic heterocycles. The van der Waals surface area contributed by atoms with Crippen molar-refractivity contribution in [3.63, 3.8) is 0 Å². The predicted octanol–water partition coefficient (Wildman–Crippen LogP) is 1.81. The van der Waals surface area contributed by atoms with E-state index in [-0.39, 0.29) is 0 Å². The summed E-state index contributed by atoms with van der Waals surface area (Å²) in [6, 6.07) is 2.05. The largest absolute Gasteiger partial charge is 0.242 e. The Hall–Kier alpha value is -0.460. The van der Waals surface area contributed by atoms with Gasteiger partial charge >= 0.3 is 0 Å². The van der Waals surface area contributed by atoms with E-state index in [1.165, 1.54) is 5.57 Å². The molecular formula is C8H12N2S. The topological polar surface area (TPSA) is 27.0 Å². The van der Waals surface area contributed by atoms with Gasteiger partial charge in [0.2, 0.25) is 0 Å². The monoisotopic (exact) mass is 168 g/mol. The van der Waals surface area contributed by atoms with Crippen molar-refractivity contribution in [1.82, 2.24) is 4.31 Å². The average molecular weight is 168 g/mol. The van der Waals surface area contributed by atoms with Crippen LogP contribution in [0, 0.1) is 11.3 Å². The first kappa shape index (κ1) is 8.63. The smallest absolute Gasteiger partial charge is 0.0912 e. The highest BCUT2D eigenvalue weighted by molar-refractivity contribution is 7.97. The van der Waals surface area contributed by atoms with Gasteiger partial charge in [-0.25, -0.2) is 4.31 Å². The molecule has 0 amide bonds. The van der Waals surface area contributed by atoms with Gasteiger partial charge in [-0.1, -0.05) is 25.8 Å². The molecule has 0 radical (unpaired) electrons. The van der Waals surface area contributed by atoms with Crippen molar-refractivity contribution in [2.24, 2.45) is 0 Å². The second kappa shape index (κ2) is 3.80. The minimum absolute atomic E-state index is 0.652. The molecular weight excluding hydrogens is 156 g/mol. The summed E-state index contributed by atoms with van der Waals surface area (Å²) in [5, 5.41) is 8.97. The van der Waals surface area contributed by atoms with E-state index in [0.717, 1.165) is 13.1 Å². The summed E-state index contributed by atoms with van der Waals surface area (Å²) in [7, 11) is 0. The quantitative estimate of drug-likeness (QED) is 0.465. The maximum Gasteiger partial charge on any atom is 0.0912 e. The molecule has 1 heterocycles. The van der Waals surface area contributed by atoms with Gasteiger partial charge in [-0.2, -0.15) is 5.26 Å². The molecule has 0 aromatic carbocycles. The normalized spacial score (nSPS) is 17.8. The molecule has 0 N–H and O–H groups in total. The van der Waals surface area contributed by atoms with Crippen molar-refractivity contribution in [3.8, 4) is 6.07 Å². The van der Waals surface area contributed by atoms with Crippen LogP contribution in [0.15, 0.2) is 11.6 Å². The van der Waals surface area contributed by atoms with E-state index in [1.54, 1.807) is 6.08 Å².